The van der Waals surface area contributed by atoms with E-state index in [4.69, 9.17) is 4.74 Å². The molecular formula is C34H54O2. The summed E-state index contributed by atoms with van der Waals surface area (Å²) in [5, 5.41) is 0. The molecule has 0 heterocycles. The summed E-state index contributed by atoms with van der Waals surface area (Å²) < 4.78 is 5.93. The van der Waals surface area contributed by atoms with E-state index in [-0.39, 0.29) is 10.8 Å². The molecule has 0 saturated heterocycles. The lowest BCUT2D eigenvalue weighted by Crippen LogP contribution is -2.32. The third kappa shape index (κ3) is 7.56. The summed E-state index contributed by atoms with van der Waals surface area (Å²) in [7, 11) is 0. The van der Waals surface area contributed by atoms with Crippen LogP contribution >= 0.6 is 0 Å². The van der Waals surface area contributed by atoms with E-state index in [9.17, 15) is 4.79 Å². The molecule has 0 aromatic heterocycles. The number of carbonyl (C=O) groups excluding carboxylic acids is 1. The minimum Gasteiger partial charge on any atom is -0.377 e. The first kappa shape index (κ1) is 29.2. The van der Waals surface area contributed by atoms with Crippen LogP contribution in [0.3, 0.4) is 0 Å². The van der Waals surface area contributed by atoms with E-state index in [1.54, 1.807) is 0 Å². The third-order valence-electron chi connectivity index (χ3n) is 9.58. The Balaban J connectivity index is 1.21. The lowest BCUT2D eigenvalue weighted by molar-refractivity contribution is -0.125. The highest BCUT2D eigenvalue weighted by molar-refractivity contribution is 6.07. The first-order valence-corrected chi connectivity index (χ1v) is 15.3. The fraction of sp³-hybridized carbons (Fsp3) is 0.735. The number of rotatable bonds is 18. The van der Waals surface area contributed by atoms with Crippen molar-refractivity contribution in [2.75, 3.05) is 6.61 Å². The fourth-order valence-electron chi connectivity index (χ4n) is 6.57. The van der Waals surface area contributed by atoms with Crippen LogP contribution in [0.4, 0.5) is 0 Å². The zero-order valence-electron chi connectivity index (χ0n) is 24.0. The van der Waals surface area contributed by atoms with Crippen LogP contribution in [0.15, 0.2) is 29.8 Å². The maximum Gasteiger partial charge on any atom is 0.165 e. The summed E-state index contributed by atoms with van der Waals surface area (Å²) >= 11 is 0. The highest BCUT2D eigenvalue weighted by Gasteiger charge is 2.63. The predicted octanol–water partition coefficient (Wildman–Crippen LogP) is 10.1. The number of benzene rings is 1. The number of allylic oxidation sites excluding steroid dienone is 1. The lowest BCUT2D eigenvalue weighted by atomic mass is 9.70. The van der Waals surface area contributed by atoms with Crippen molar-refractivity contribution in [3.05, 3.63) is 41.0 Å². The smallest absolute Gasteiger partial charge is 0.165 e. The van der Waals surface area contributed by atoms with E-state index in [2.05, 4.69) is 58.0 Å². The van der Waals surface area contributed by atoms with Crippen molar-refractivity contribution < 1.29 is 9.53 Å². The molecule has 2 heteroatoms. The number of Topliss-reactive ketones (excluding diaryl/α,β-unsaturated/α-hetero) is 1. The Morgan fingerprint density at radius 3 is 1.83 bits per heavy atom. The highest BCUT2D eigenvalue weighted by Crippen LogP contribution is 2.65. The van der Waals surface area contributed by atoms with Crippen molar-refractivity contribution in [1.82, 2.24) is 0 Å². The van der Waals surface area contributed by atoms with E-state index in [0.29, 0.717) is 18.3 Å². The van der Waals surface area contributed by atoms with Gasteiger partial charge in [0.2, 0.25) is 0 Å². The van der Waals surface area contributed by atoms with Crippen LogP contribution in [0.2, 0.25) is 0 Å². The van der Waals surface area contributed by atoms with Crippen molar-refractivity contribution >= 4 is 11.9 Å². The van der Waals surface area contributed by atoms with Gasteiger partial charge in [-0.2, -0.15) is 0 Å². The molecule has 3 rings (SSSR count). The number of hydrogen-bond acceptors (Lipinski definition) is 2. The molecule has 0 amide bonds. The molecule has 2 bridgehead atoms. The average Bonchev–Trinajstić information content (AvgIpc) is 3.18. The van der Waals surface area contributed by atoms with E-state index >= 15 is 0 Å². The van der Waals surface area contributed by atoms with Crippen LogP contribution in [0.5, 0.6) is 0 Å². The second kappa shape index (κ2) is 14.5. The molecule has 2 saturated carbocycles. The van der Waals surface area contributed by atoms with Gasteiger partial charge in [0.15, 0.2) is 5.78 Å². The molecule has 1 aromatic carbocycles. The van der Waals surface area contributed by atoms with Crippen LogP contribution in [0, 0.1) is 16.7 Å². The molecule has 0 aliphatic heterocycles. The largest absolute Gasteiger partial charge is 0.377 e. The first-order valence-electron chi connectivity index (χ1n) is 15.3. The summed E-state index contributed by atoms with van der Waals surface area (Å²) in [4.78, 5) is 13.1. The quantitative estimate of drug-likeness (QED) is 0.150. The molecule has 1 aromatic rings. The molecule has 202 valence electrons. The van der Waals surface area contributed by atoms with E-state index in [1.807, 2.05) is 0 Å². The van der Waals surface area contributed by atoms with E-state index in [1.165, 1.54) is 95.5 Å². The molecule has 2 aliphatic rings. The summed E-state index contributed by atoms with van der Waals surface area (Å²) in [6.07, 6.45) is 23.7. The number of ketones is 1. The molecule has 2 atom stereocenters. The third-order valence-corrected chi connectivity index (χ3v) is 9.58. The van der Waals surface area contributed by atoms with Crippen LogP contribution in [-0.4, -0.2) is 12.4 Å². The van der Waals surface area contributed by atoms with Crippen molar-refractivity contribution in [3.63, 3.8) is 0 Å². The number of fused-ring (bicyclic) bond motifs is 2. The van der Waals surface area contributed by atoms with Crippen molar-refractivity contribution in [2.45, 2.75) is 137 Å². The van der Waals surface area contributed by atoms with Gasteiger partial charge in [0, 0.05) is 12.0 Å². The zero-order valence-corrected chi connectivity index (χ0v) is 24.0. The lowest BCUT2D eigenvalue weighted by Gasteiger charge is -2.31. The second-order valence-electron chi connectivity index (χ2n) is 12.5. The topological polar surface area (TPSA) is 26.3 Å². The fourth-order valence-corrected chi connectivity index (χ4v) is 6.57. The number of unbranched alkanes of at least 4 members (excludes halogenated alkanes) is 13. The van der Waals surface area contributed by atoms with E-state index in [0.717, 1.165) is 30.6 Å². The Morgan fingerprint density at radius 2 is 1.33 bits per heavy atom. The highest BCUT2D eigenvalue weighted by atomic mass is 16.5. The summed E-state index contributed by atoms with van der Waals surface area (Å²) in [6.45, 7) is 10.6. The maximum atomic E-state index is 13.1. The maximum absolute atomic E-state index is 13.1. The van der Waals surface area contributed by atoms with Gasteiger partial charge < -0.3 is 4.74 Å². The monoisotopic (exact) mass is 494 g/mol. The van der Waals surface area contributed by atoms with Crippen LogP contribution < -0.4 is 0 Å². The van der Waals surface area contributed by atoms with Crippen LogP contribution in [0.1, 0.15) is 142 Å². The van der Waals surface area contributed by atoms with Gasteiger partial charge in [-0.15, -0.1) is 0 Å². The average molecular weight is 495 g/mol. The number of hydrogen-bond donors (Lipinski definition) is 0. The van der Waals surface area contributed by atoms with Crippen molar-refractivity contribution in [2.24, 2.45) is 16.7 Å². The van der Waals surface area contributed by atoms with Crippen molar-refractivity contribution in [1.29, 1.82) is 0 Å². The molecule has 2 unspecified atom stereocenters. The number of carbonyl (C=O) groups is 1. The molecular weight excluding hydrogens is 440 g/mol. The summed E-state index contributed by atoms with van der Waals surface area (Å²) in [5.41, 5.74) is 3.31. The normalized spacial score (nSPS) is 23.7. The Morgan fingerprint density at radius 1 is 0.806 bits per heavy atom. The Bertz CT molecular complexity index is 818. The standard InChI is InChI=1S/C34H54O2/c1-5-6-7-8-9-10-11-12-13-14-15-16-17-18-25-36-27-29-21-19-28(20-22-29)26-30-31-23-24-34(4,32(30)35)33(31,2)3/h19-22,26,31H,5-18,23-25,27H2,1-4H3/b30-26-. The summed E-state index contributed by atoms with van der Waals surface area (Å²) in [6, 6.07) is 8.60. The van der Waals surface area contributed by atoms with Crippen LogP contribution in [0.25, 0.3) is 6.08 Å². The van der Waals surface area contributed by atoms with Crippen molar-refractivity contribution in [3.8, 4) is 0 Å². The van der Waals surface area contributed by atoms with Gasteiger partial charge in [-0.3, -0.25) is 4.79 Å². The molecule has 36 heavy (non-hydrogen) atoms. The summed E-state index contributed by atoms with van der Waals surface area (Å²) in [5.74, 6) is 0.785. The molecule has 2 nitrogen and oxygen atoms in total. The van der Waals surface area contributed by atoms with Gasteiger partial charge in [0.05, 0.1) is 6.61 Å². The van der Waals surface area contributed by atoms with Gasteiger partial charge in [-0.1, -0.05) is 135 Å². The zero-order chi connectivity index (χ0) is 25.9. The second-order valence-corrected chi connectivity index (χ2v) is 12.5. The number of ether oxygens (including phenoxy) is 1. The Labute approximate surface area is 222 Å². The van der Waals surface area contributed by atoms with Gasteiger partial charge in [-0.05, 0) is 53.4 Å². The van der Waals surface area contributed by atoms with Gasteiger partial charge in [-0.25, -0.2) is 0 Å². The molecule has 0 radical (unpaired) electrons. The Kier molecular flexibility index (Phi) is 11.7. The van der Waals surface area contributed by atoms with Gasteiger partial charge >= 0.3 is 0 Å². The molecule has 2 fully saturated rings. The molecule has 0 spiro atoms. The molecule has 0 N–H and O–H groups in total. The van der Waals surface area contributed by atoms with Gasteiger partial charge in [0.1, 0.15) is 0 Å². The van der Waals surface area contributed by atoms with Gasteiger partial charge in [0.25, 0.3) is 0 Å². The minimum atomic E-state index is -0.176. The first-order chi connectivity index (χ1) is 17.4. The van der Waals surface area contributed by atoms with Crippen LogP contribution in [-0.2, 0) is 16.1 Å². The SMILES string of the molecule is CCCCCCCCCCCCCCCCOCc1ccc(/C=C2\C(=O)C3(C)CCC2C3(C)C)cc1. The minimum absolute atomic E-state index is 0.0803. The predicted molar refractivity (Wildman–Crippen MR) is 154 cm³/mol. The molecule has 2 aliphatic carbocycles. The van der Waals surface area contributed by atoms with E-state index < -0.39 is 0 Å². The Hall–Kier alpha value is -1.41.